The number of methoxy groups -OCH3 is 1. The lowest BCUT2D eigenvalue weighted by Crippen LogP contribution is -2.01. The minimum absolute atomic E-state index is 0.0271. The first kappa shape index (κ1) is 14.9. The van der Waals surface area contributed by atoms with Gasteiger partial charge in [-0.2, -0.15) is 0 Å². The van der Waals surface area contributed by atoms with Crippen LogP contribution in [0.1, 0.15) is 5.56 Å². The third-order valence-corrected chi connectivity index (χ3v) is 4.69. The SMILES string of the molecule is COc1nn(Cc2ccccc2)c2ccc(S(=O)(=O)Cl)cc12. The Hall–Kier alpha value is -2.05. The predicted octanol–water partition coefficient (Wildman–Crippen LogP) is 3.02. The average molecular weight is 337 g/mol. The van der Waals surface area contributed by atoms with Crippen molar-refractivity contribution in [3.8, 4) is 5.88 Å². The van der Waals surface area contributed by atoms with Gasteiger partial charge < -0.3 is 4.74 Å². The Kier molecular flexibility index (Phi) is 3.80. The van der Waals surface area contributed by atoms with Gasteiger partial charge in [-0.15, -0.1) is 5.10 Å². The van der Waals surface area contributed by atoms with Gasteiger partial charge >= 0.3 is 0 Å². The summed E-state index contributed by atoms with van der Waals surface area (Å²) in [4.78, 5) is 0.0271. The molecule has 0 amide bonds. The average Bonchev–Trinajstić information content (AvgIpc) is 2.85. The number of ether oxygens (including phenoxy) is 1. The Morgan fingerprint density at radius 3 is 2.55 bits per heavy atom. The van der Waals surface area contributed by atoms with Crippen LogP contribution in [0.5, 0.6) is 5.88 Å². The molecule has 2 aromatic carbocycles. The van der Waals surface area contributed by atoms with E-state index in [1.165, 1.54) is 19.2 Å². The van der Waals surface area contributed by atoms with E-state index in [1.807, 2.05) is 30.3 Å². The molecule has 7 heteroatoms. The van der Waals surface area contributed by atoms with Gasteiger partial charge in [0, 0.05) is 10.7 Å². The molecule has 0 aliphatic carbocycles. The molecule has 0 radical (unpaired) electrons. The predicted molar refractivity (Wildman–Crippen MR) is 84.9 cm³/mol. The Balaban J connectivity index is 2.13. The van der Waals surface area contributed by atoms with Crippen molar-refractivity contribution < 1.29 is 13.2 Å². The van der Waals surface area contributed by atoms with Gasteiger partial charge in [0.2, 0.25) is 5.88 Å². The molecule has 1 heterocycles. The highest BCUT2D eigenvalue weighted by atomic mass is 35.7. The Morgan fingerprint density at radius 1 is 1.18 bits per heavy atom. The van der Waals surface area contributed by atoms with Crippen LogP contribution in [0.2, 0.25) is 0 Å². The van der Waals surface area contributed by atoms with Gasteiger partial charge in [0.05, 0.1) is 29.5 Å². The number of fused-ring (bicyclic) bond motifs is 1. The number of hydrogen-bond donors (Lipinski definition) is 0. The van der Waals surface area contributed by atoms with E-state index in [0.29, 0.717) is 17.8 Å². The second kappa shape index (κ2) is 5.62. The molecule has 0 saturated heterocycles. The van der Waals surface area contributed by atoms with Crippen molar-refractivity contribution in [2.75, 3.05) is 7.11 Å². The molecule has 0 unspecified atom stereocenters. The van der Waals surface area contributed by atoms with Crippen molar-refractivity contribution >= 4 is 30.6 Å². The van der Waals surface area contributed by atoms with E-state index in [2.05, 4.69) is 5.10 Å². The van der Waals surface area contributed by atoms with E-state index in [0.717, 1.165) is 11.1 Å². The summed E-state index contributed by atoms with van der Waals surface area (Å²) in [5.41, 5.74) is 1.87. The monoisotopic (exact) mass is 336 g/mol. The van der Waals surface area contributed by atoms with E-state index in [4.69, 9.17) is 15.4 Å². The molecule has 3 aromatic rings. The smallest absolute Gasteiger partial charge is 0.261 e. The first-order chi connectivity index (χ1) is 10.5. The lowest BCUT2D eigenvalue weighted by atomic mass is 10.2. The van der Waals surface area contributed by atoms with Crippen molar-refractivity contribution in [2.24, 2.45) is 0 Å². The zero-order valence-corrected chi connectivity index (χ0v) is 13.3. The van der Waals surface area contributed by atoms with Crippen molar-refractivity contribution in [1.82, 2.24) is 9.78 Å². The number of nitrogens with zero attached hydrogens (tertiary/aromatic N) is 2. The third kappa shape index (κ3) is 2.80. The first-order valence-corrected chi connectivity index (χ1v) is 8.83. The molecule has 0 bridgehead atoms. The molecule has 0 aliphatic rings. The molecule has 0 aliphatic heterocycles. The Bertz CT molecular complexity index is 921. The molecule has 0 saturated carbocycles. The lowest BCUT2D eigenvalue weighted by molar-refractivity contribution is 0.394. The maximum absolute atomic E-state index is 11.5. The van der Waals surface area contributed by atoms with Crippen molar-refractivity contribution in [3.05, 3.63) is 54.1 Å². The maximum Gasteiger partial charge on any atom is 0.261 e. The fraction of sp³-hybridized carbons (Fsp3) is 0.133. The maximum atomic E-state index is 11.5. The summed E-state index contributed by atoms with van der Waals surface area (Å²) in [6.07, 6.45) is 0. The summed E-state index contributed by atoms with van der Waals surface area (Å²) in [5, 5.41) is 4.99. The molecule has 22 heavy (non-hydrogen) atoms. The second-order valence-electron chi connectivity index (χ2n) is 4.77. The zero-order chi connectivity index (χ0) is 15.7. The molecular weight excluding hydrogens is 324 g/mol. The number of aromatic nitrogens is 2. The van der Waals surface area contributed by atoms with Gasteiger partial charge in [-0.25, -0.2) is 8.42 Å². The fourth-order valence-corrected chi connectivity index (χ4v) is 3.09. The van der Waals surface area contributed by atoms with Gasteiger partial charge in [0.15, 0.2) is 0 Å². The minimum Gasteiger partial charge on any atom is -0.479 e. The van der Waals surface area contributed by atoms with Crippen LogP contribution in [0.15, 0.2) is 53.4 Å². The number of hydrogen-bond acceptors (Lipinski definition) is 4. The highest BCUT2D eigenvalue weighted by molar-refractivity contribution is 8.13. The third-order valence-electron chi connectivity index (χ3n) is 3.34. The highest BCUT2D eigenvalue weighted by Crippen LogP contribution is 2.29. The zero-order valence-electron chi connectivity index (χ0n) is 11.7. The fourth-order valence-electron chi connectivity index (χ4n) is 2.31. The topological polar surface area (TPSA) is 61.2 Å². The van der Waals surface area contributed by atoms with Crippen LogP contribution in [-0.2, 0) is 15.6 Å². The Morgan fingerprint density at radius 2 is 1.91 bits per heavy atom. The molecule has 0 atom stereocenters. The Labute approximate surface area is 132 Å². The lowest BCUT2D eigenvalue weighted by Gasteiger charge is -2.03. The van der Waals surface area contributed by atoms with Gasteiger partial charge in [-0.3, -0.25) is 4.68 Å². The van der Waals surface area contributed by atoms with E-state index in [1.54, 1.807) is 10.7 Å². The molecule has 3 rings (SSSR count). The van der Waals surface area contributed by atoms with Crippen LogP contribution in [0.3, 0.4) is 0 Å². The number of halogens is 1. The summed E-state index contributed by atoms with van der Waals surface area (Å²) in [5.74, 6) is 0.369. The van der Waals surface area contributed by atoms with Gasteiger partial charge in [-0.1, -0.05) is 30.3 Å². The quantitative estimate of drug-likeness (QED) is 0.687. The molecule has 1 aromatic heterocycles. The van der Waals surface area contributed by atoms with E-state index in [-0.39, 0.29) is 4.90 Å². The standard InChI is InChI=1S/C15H13ClN2O3S/c1-21-15-13-9-12(22(16,19)20)7-8-14(13)18(17-15)10-11-5-3-2-4-6-11/h2-9H,10H2,1H3. The van der Waals surface area contributed by atoms with Gasteiger partial charge in [0.25, 0.3) is 9.05 Å². The van der Waals surface area contributed by atoms with E-state index < -0.39 is 9.05 Å². The number of rotatable bonds is 4. The molecule has 0 N–H and O–H groups in total. The van der Waals surface area contributed by atoms with Gasteiger partial charge in [-0.05, 0) is 23.8 Å². The first-order valence-electron chi connectivity index (χ1n) is 6.52. The largest absolute Gasteiger partial charge is 0.479 e. The van der Waals surface area contributed by atoms with E-state index in [9.17, 15) is 8.42 Å². The van der Waals surface area contributed by atoms with Crippen LogP contribution in [-0.4, -0.2) is 25.3 Å². The van der Waals surface area contributed by atoms with Crippen LogP contribution in [0.25, 0.3) is 10.9 Å². The summed E-state index contributed by atoms with van der Waals surface area (Å²) in [6.45, 7) is 0.563. The highest BCUT2D eigenvalue weighted by Gasteiger charge is 2.16. The van der Waals surface area contributed by atoms with Crippen molar-refractivity contribution in [3.63, 3.8) is 0 Å². The van der Waals surface area contributed by atoms with E-state index >= 15 is 0 Å². The molecular formula is C15H13ClN2O3S. The molecule has 0 fully saturated rings. The summed E-state index contributed by atoms with van der Waals surface area (Å²) in [6, 6.07) is 14.5. The minimum atomic E-state index is -3.79. The molecule has 5 nitrogen and oxygen atoms in total. The van der Waals surface area contributed by atoms with Crippen molar-refractivity contribution in [1.29, 1.82) is 0 Å². The van der Waals surface area contributed by atoms with Crippen LogP contribution >= 0.6 is 10.7 Å². The summed E-state index contributed by atoms with van der Waals surface area (Å²) in [7, 11) is 3.10. The summed E-state index contributed by atoms with van der Waals surface area (Å²) < 4.78 is 30.0. The van der Waals surface area contributed by atoms with Crippen LogP contribution in [0.4, 0.5) is 0 Å². The van der Waals surface area contributed by atoms with Crippen LogP contribution < -0.4 is 4.74 Å². The van der Waals surface area contributed by atoms with Crippen molar-refractivity contribution in [2.45, 2.75) is 11.4 Å². The summed E-state index contributed by atoms with van der Waals surface area (Å²) >= 11 is 0. The normalized spacial score (nSPS) is 11.7. The van der Waals surface area contributed by atoms with Crippen LogP contribution in [0, 0.1) is 0 Å². The molecule has 114 valence electrons. The molecule has 0 spiro atoms. The number of benzene rings is 2. The second-order valence-corrected chi connectivity index (χ2v) is 7.34. The van der Waals surface area contributed by atoms with Gasteiger partial charge in [0.1, 0.15) is 0 Å².